The normalized spacial score (nSPS) is 20.4. The highest BCUT2D eigenvalue weighted by Crippen LogP contribution is 2.45. The smallest absolute Gasteiger partial charge is 0.274 e. The van der Waals surface area contributed by atoms with Gasteiger partial charge in [-0.2, -0.15) is 0 Å². The number of ether oxygens (including phenoxy) is 1. The number of nitrogens with zero attached hydrogens (tertiary/aromatic N) is 2. The molecule has 8 heteroatoms. The topological polar surface area (TPSA) is 84.4 Å². The van der Waals surface area contributed by atoms with Crippen LogP contribution in [0, 0.1) is 5.41 Å². The third-order valence-electron chi connectivity index (χ3n) is 6.65. The van der Waals surface area contributed by atoms with E-state index in [9.17, 15) is 13.2 Å². The number of aromatic nitrogens is 2. The standard InChI is InChI=1S/C22H23N3O4S/c1-24-9-18(16-6-7-23-20(16)21(24)26)17-8-15(30(27,28)14-2-3-14)4-5-19(17)25-10-22(11-25)12-29-13-22/h4-9,14,23H,2-3,10-13H2,1H3. The summed E-state index contributed by atoms with van der Waals surface area (Å²) >= 11 is 0. The van der Waals surface area contributed by atoms with Crippen molar-refractivity contribution in [3.8, 4) is 11.1 Å². The summed E-state index contributed by atoms with van der Waals surface area (Å²) in [6.45, 7) is 3.37. The van der Waals surface area contributed by atoms with Crippen molar-refractivity contribution in [2.24, 2.45) is 12.5 Å². The van der Waals surface area contributed by atoms with Crippen molar-refractivity contribution in [2.75, 3.05) is 31.2 Å². The summed E-state index contributed by atoms with van der Waals surface area (Å²) in [5, 5.41) is 0.547. The highest BCUT2D eigenvalue weighted by Gasteiger charge is 2.49. The Morgan fingerprint density at radius 3 is 2.57 bits per heavy atom. The zero-order valence-corrected chi connectivity index (χ0v) is 17.5. The van der Waals surface area contributed by atoms with Gasteiger partial charge in [0.25, 0.3) is 5.56 Å². The molecule has 1 aromatic carbocycles. The number of aromatic amines is 1. The molecule has 0 bridgehead atoms. The van der Waals surface area contributed by atoms with Gasteiger partial charge in [-0.3, -0.25) is 4.79 Å². The zero-order chi connectivity index (χ0) is 20.7. The number of hydrogen-bond donors (Lipinski definition) is 1. The van der Waals surface area contributed by atoms with Crippen molar-refractivity contribution >= 4 is 26.4 Å². The second kappa shape index (κ2) is 5.98. The van der Waals surface area contributed by atoms with Gasteiger partial charge in [0.2, 0.25) is 0 Å². The molecule has 6 rings (SSSR count). The summed E-state index contributed by atoms with van der Waals surface area (Å²) in [4.78, 5) is 18.2. The fourth-order valence-corrected chi connectivity index (χ4v) is 6.43. The van der Waals surface area contributed by atoms with Gasteiger partial charge in [-0.05, 0) is 37.1 Å². The number of sulfone groups is 1. The first-order valence-corrected chi connectivity index (χ1v) is 11.8. The molecule has 1 saturated carbocycles. The van der Waals surface area contributed by atoms with Crippen LogP contribution in [0.4, 0.5) is 5.69 Å². The largest absolute Gasteiger partial charge is 0.380 e. The van der Waals surface area contributed by atoms with E-state index in [1.807, 2.05) is 18.3 Å². The molecule has 1 spiro atoms. The SMILES string of the molecule is Cn1cc(-c2cc(S(=O)(=O)C3CC3)ccc2N2CC3(COC3)C2)c2cc[nH]c2c1=O. The van der Waals surface area contributed by atoms with Crippen molar-refractivity contribution in [3.05, 3.63) is 47.0 Å². The number of anilines is 1. The predicted octanol–water partition coefficient (Wildman–Crippen LogP) is 2.31. The summed E-state index contributed by atoms with van der Waals surface area (Å²) in [5.41, 5.74) is 3.39. The molecule has 2 aliphatic heterocycles. The van der Waals surface area contributed by atoms with Gasteiger partial charge in [-0.25, -0.2) is 8.42 Å². The van der Waals surface area contributed by atoms with E-state index >= 15 is 0 Å². The number of hydrogen-bond acceptors (Lipinski definition) is 5. The fourth-order valence-electron chi connectivity index (χ4n) is 4.75. The van der Waals surface area contributed by atoms with Crippen LogP contribution in [0.3, 0.4) is 0 Å². The molecule has 3 aliphatic rings. The molecule has 0 unspecified atom stereocenters. The number of nitrogens with one attached hydrogen (secondary N) is 1. The zero-order valence-electron chi connectivity index (χ0n) is 16.7. The second-order valence-electron chi connectivity index (χ2n) is 9.00. The van der Waals surface area contributed by atoms with E-state index in [1.165, 1.54) is 0 Å². The molecule has 2 saturated heterocycles. The number of benzene rings is 1. The van der Waals surface area contributed by atoms with Crippen molar-refractivity contribution in [2.45, 2.75) is 23.0 Å². The predicted molar refractivity (Wildman–Crippen MR) is 115 cm³/mol. The Hall–Kier alpha value is -2.58. The summed E-state index contributed by atoms with van der Waals surface area (Å²) in [5.74, 6) is 0. The first kappa shape index (κ1) is 18.2. The maximum atomic E-state index is 12.9. The van der Waals surface area contributed by atoms with E-state index in [0.717, 1.165) is 61.3 Å². The van der Waals surface area contributed by atoms with Gasteiger partial charge in [0.15, 0.2) is 9.84 Å². The van der Waals surface area contributed by atoms with Crippen LogP contribution in [0.15, 0.2) is 46.3 Å². The van der Waals surface area contributed by atoms with Crippen LogP contribution in [0.2, 0.25) is 0 Å². The van der Waals surface area contributed by atoms with E-state index in [4.69, 9.17) is 4.74 Å². The highest BCUT2D eigenvalue weighted by atomic mass is 32.2. The Balaban J connectivity index is 1.54. The van der Waals surface area contributed by atoms with Crippen LogP contribution in [0.25, 0.3) is 22.0 Å². The Labute approximate surface area is 174 Å². The number of pyridine rings is 1. The van der Waals surface area contributed by atoms with Crippen molar-refractivity contribution < 1.29 is 13.2 Å². The lowest BCUT2D eigenvalue weighted by Gasteiger charge is -2.56. The molecule has 3 fully saturated rings. The van der Waals surface area contributed by atoms with Crippen LogP contribution >= 0.6 is 0 Å². The van der Waals surface area contributed by atoms with Crippen molar-refractivity contribution in [1.29, 1.82) is 0 Å². The fraction of sp³-hybridized carbons (Fsp3) is 0.409. The third kappa shape index (κ3) is 2.53. The Morgan fingerprint density at radius 2 is 1.90 bits per heavy atom. The van der Waals surface area contributed by atoms with Gasteiger partial charge in [-0.15, -0.1) is 0 Å². The molecule has 1 N–H and O–H groups in total. The van der Waals surface area contributed by atoms with Crippen LogP contribution in [-0.4, -0.2) is 49.5 Å². The molecule has 0 radical (unpaired) electrons. The van der Waals surface area contributed by atoms with Gasteiger partial charge < -0.3 is 19.2 Å². The highest BCUT2D eigenvalue weighted by molar-refractivity contribution is 7.92. The molecule has 4 heterocycles. The molecule has 1 aliphatic carbocycles. The minimum Gasteiger partial charge on any atom is -0.380 e. The van der Waals surface area contributed by atoms with Crippen molar-refractivity contribution in [1.82, 2.24) is 9.55 Å². The first-order valence-electron chi connectivity index (χ1n) is 10.3. The molecular weight excluding hydrogens is 402 g/mol. The van der Waals surface area contributed by atoms with Gasteiger partial charge in [0.1, 0.15) is 5.52 Å². The Bertz CT molecular complexity index is 1340. The first-order chi connectivity index (χ1) is 14.4. The monoisotopic (exact) mass is 425 g/mol. The minimum atomic E-state index is -3.32. The lowest BCUT2D eigenvalue weighted by atomic mass is 9.77. The lowest BCUT2D eigenvalue weighted by Crippen LogP contribution is -2.66. The minimum absolute atomic E-state index is 0.100. The van der Waals surface area contributed by atoms with E-state index < -0.39 is 9.84 Å². The number of fused-ring (bicyclic) bond motifs is 1. The summed E-state index contributed by atoms with van der Waals surface area (Å²) < 4.78 is 32.8. The maximum absolute atomic E-state index is 12.9. The quantitative estimate of drug-likeness (QED) is 0.694. The average molecular weight is 426 g/mol. The molecule has 7 nitrogen and oxygen atoms in total. The Morgan fingerprint density at radius 1 is 1.13 bits per heavy atom. The molecule has 3 aromatic rings. The summed E-state index contributed by atoms with van der Waals surface area (Å²) in [6.07, 6.45) is 5.03. The van der Waals surface area contributed by atoms with Gasteiger partial charge >= 0.3 is 0 Å². The second-order valence-corrected chi connectivity index (χ2v) is 11.2. The van der Waals surface area contributed by atoms with Crippen LogP contribution in [-0.2, 0) is 21.6 Å². The maximum Gasteiger partial charge on any atom is 0.274 e. The summed E-state index contributed by atoms with van der Waals surface area (Å²) in [6, 6.07) is 7.36. The van der Waals surface area contributed by atoms with Gasteiger partial charge in [-0.1, -0.05) is 0 Å². The van der Waals surface area contributed by atoms with Crippen LogP contribution in [0.5, 0.6) is 0 Å². The molecule has 156 valence electrons. The Kier molecular flexibility index (Phi) is 3.63. The molecular formula is C22H23N3O4S. The van der Waals surface area contributed by atoms with E-state index in [-0.39, 0.29) is 16.2 Å². The van der Waals surface area contributed by atoms with E-state index in [1.54, 1.807) is 29.9 Å². The molecule has 0 atom stereocenters. The van der Waals surface area contributed by atoms with Gasteiger partial charge in [0, 0.05) is 54.7 Å². The number of aryl methyl sites for hydroxylation is 1. The van der Waals surface area contributed by atoms with Crippen LogP contribution in [0.1, 0.15) is 12.8 Å². The molecule has 2 aromatic heterocycles. The van der Waals surface area contributed by atoms with E-state index in [0.29, 0.717) is 10.4 Å². The average Bonchev–Trinajstić information content (AvgIpc) is 3.41. The molecule has 0 amide bonds. The molecule has 30 heavy (non-hydrogen) atoms. The van der Waals surface area contributed by atoms with Gasteiger partial charge in [0.05, 0.1) is 28.8 Å². The number of H-pyrrole nitrogens is 1. The summed E-state index contributed by atoms with van der Waals surface area (Å²) in [7, 11) is -1.59. The van der Waals surface area contributed by atoms with E-state index in [2.05, 4.69) is 9.88 Å². The number of rotatable bonds is 4. The van der Waals surface area contributed by atoms with Crippen molar-refractivity contribution in [3.63, 3.8) is 0 Å². The third-order valence-corrected chi connectivity index (χ3v) is 8.91. The van der Waals surface area contributed by atoms with Crippen LogP contribution < -0.4 is 10.5 Å². The lowest BCUT2D eigenvalue weighted by molar-refractivity contribution is -0.127.